The van der Waals surface area contributed by atoms with Crippen molar-refractivity contribution in [3.63, 3.8) is 0 Å². The summed E-state index contributed by atoms with van der Waals surface area (Å²) in [4.78, 5) is 2.40. The average molecular weight is 349 g/mol. The lowest BCUT2D eigenvalue weighted by Crippen LogP contribution is -2.29. The SMILES string of the molecule is CN1CCC(c2ccc(-c3cc(N)n(C)n3)cc2Br)CC1. The monoisotopic (exact) mass is 348 g/mol. The standard InChI is InChI=1S/C16H21BrN4/c1-20-7-5-11(6-8-20)13-4-3-12(9-14(13)17)15-10-16(18)21(2)19-15/h3-4,9-11H,5-8,18H2,1-2H3. The van der Waals surface area contributed by atoms with Crippen LogP contribution in [-0.2, 0) is 7.05 Å². The first kappa shape index (κ1) is 14.6. The van der Waals surface area contributed by atoms with Gasteiger partial charge in [-0.3, -0.25) is 4.68 Å². The number of hydrogen-bond acceptors (Lipinski definition) is 3. The fourth-order valence-electron chi connectivity index (χ4n) is 2.96. The Hall–Kier alpha value is -1.33. The molecule has 0 radical (unpaired) electrons. The Morgan fingerprint density at radius 1 is 1.19 bits per heavy atom. The van der Waals surface area contributed by atoms with Crippen LogP contribution in [0.1, 0.15) is 24.3 Å². The minimum Gasteiger partial charge on any atom is -0.384 e. The first-order valence-corrected chi connectivity index (χ1v) is 8.12. The molecule has 21 heavy (non-hydrogen) atoms. The van der Waals surface area contributed by atoms with Gasteiger partial charge >= 0.3 is 0 Å². The topological polar surface area (TPSA) is 47.1 Å². The molecule has 4 nitrogen and oxygen atoms in total. The highest BCUT2D eigenvalue weighted by atomic mass is 79.9. The zero-order valence-electron chi connectivity index (χ0n) is 12.5. The van der Waals surface area contributed by atoms with Crippen LogP contribution in [0.25, 0.3) is 11.3 Å². The molecule has 0 aliphatic carbocycles. The van der Waals surface area contributed by atoms with E-state index in [0.717, 1.165) is 11.3 Å². The van der Waals surface area contributed by atoms with Crippen molar-refractivity contribution in [3.05, 3.63) is 34.3 Å². The molecular formula is C16H21BrN4. The molecule has 1 aliphatic rings. The summed E-state index contributed by atoms with van der Waals surface area (Å²) in [6.45, 7) is 2.35. The van der Waals surface area contributed by atoms with Crippen molar-refractivity contribution in [2.24, 2.45) is 7.05 Å². The van der Waals surface area contributed by atoms with E-state index in [2.05, 4.69) is 51.2 Å². The third-order valence-corrected chi connectivity index (χ3v) is 5.06. The highest BCUT2D eigenvalue weighted by Gasteiger charge is 2.20. The van der Waals surface area contributed by atoms with Crippen LogP contribution < -0.4 is 5.73 Å². The van der Waals surface area contributed by atoms with Crippen LogP contribution in [0.2, 0.25) is 0 Å². The molecule has 5 heteroatoms. The Bertz CT molecular complexity index is 622. The van der Waals surface area contributed by atoms with Gasteiger partial charge in [0.15, 0.2) is 0 Å². The van der Waals surface area contributed by atoms with E-state index in [9.17, 15) is 0 Å². The molecule has 0 saturated carbocycles. The van der Waals surface area contributed by atoms with Gasteiger partial charge in [0.2, 0.25) is 0 Å². The summed E-state index contributed by atoms with van der Waals surface area (Å²) in [6.07, 6.45) is 2.45. The number of benzene rings is 1. The van der Waals surface area contributed by atoms with Gasteiger partial charge in [-0.25, -0.2) is 0 Å². The van der Waals surface area contributed by atoms with Gasteiger partial charge < -0.3 is 10.6 Å². The number of nitrogens with zero attached hydrogens (tertiary/aromatic N) is 3. The number of aromatic nitrogens is 2. The molecule has 0 amide bonds. The van der Waals surface area contributed by atoms with E-state index in [4.69, 9.17) is 5.73 Å². The van der Waals surface area contributed by atoms with E-state index >= 15 is 0 Å². The average Bonchev–Trinajstić information content (AvgIpc) is 2.80. The molecule has 0 spiro atoms. The summed E-state index contributed by atoms with van der Waals surface area (Å²) in [5.74, 6) is 1.33. The Balaban J connectivity index is 1.86. The number of aryl methyl sites for hydroxylation is 1. The summed E-state index contributed by atoms with van der Waals surface area (Å²) >= 11 is 3.74. The van der Waals surface area contributed by atoms with Crippen LogP contribution in [0.4, 0.5) is 5.82 Å². The Morgan fingerprint density at radius 2 is 1.90 bits per heavy atom. The number of nitrogen functional groups attached to an aromatic ring is 1. The maximum atomic E-state index is 5.86. The lowest BCUT2D eigenvalue weighted by molar-refractivity contribution is 0.255. The number of halogens is 1. The summed E-state index contributed by atoms with van der Waals surface area (Å²) in [5, 5.41) is 4.44. The van der Waals surface area contributed by atoms with Gasteiger partial charge in [0, 0.05) is 23.2 Å². The van der Waals surface area contributed by atoms with E-state index in [-0.39, 0.29) is 0 Å². The van der Waals surface area contributed by atoms with Gasteiger partial charge in [-0.15, -0.1) is 0 Å². The molecule has 1 fully saturated rings. The maximum absolute atomic E-state index is 5.86. The second kappa shape index (κ2) is 5.81. The molecule has 0 unspecified atom stereocenters. The Kier molecular flexibility index (Phi) is 4.04. The normalized spacial score (nSPS) is 17.3. The van der Waals surface area contributed by atoms with Crippen LogP contribution in [0, 0.1) is 0 Å². The molecule has 112 valence electrons. The van der Waals surface area contributed by atoms with E-state index in [1.165, 1.54) is 36.0 Å². The molecule has 3 rings (SSSR count). The Labute approximate surface area is 134 Å². The molecule has 0 bridgehead atoms. The Morgan fingerprint density at radius 3 is 2.48 bits per heavy atom. The summed E-state index contributed by atoms with van der Waals surface area (Å²) in [5.41, 5.74) is 9.30. The number of rotatable bonds is 2. The predicted molar refractivity (Wildman–Crippen MR) is 90.2 cm³/mol. The second-order valence-corrected chi connectivity index (χ2v) is 6.75. The molecular weight excluding hydrogens is 328 g/mol. The van der Waals surface area contributed by atoms with Crippen LogP contribution in [0.5, 0.6) is 0 Å². The van der Waals surface area contributed by atoms with E-state index in [1.807, 2.05) is 13.1 Å². The minimum atomic E-state index is 0.651. The van der Waals surface area contributed by atoms with Crippen molar-refractivity contribution in [3.8, 4) is 11.3 Å². The first-order valence-electron chi connectivity index (χ1n) is 7.32. The molecule has 1 aliphatic heterocycles. The van der Waals surface area contributed by atoms with E-state index < -0.39 is 0 Å². The highest BCUT2D eigenvalue weighted by molar-refractivity contribution is 9.10. The number of likely N-dealkylation sites (tertiary alicyclic amines) is 1. The second-order valence-electron chi connectivity index (χ2n) is 5.89. The van der Waals surface area contributed by atoms with Crippen molar-refractivity contribution < 1.29 is 0 Å². The van der Waals surface area contributed by atoms with Gasteiger partial charge in [-0.2, -0.15) is 5.10 Å². The number of hydrogen-bond donors (Lipinski definition) is 1. The van der Waals surface area contributed by atoms with Crippen molar-refractivity contribution in [2.45, 2.75) is 18.8 Å². The number of piperidine rings is 1. The van der Waals surface area contributed by atoms with Crippen molar-refractivity contribution >= 4 is 21.7 Å². The van der Waals surface area contributed by atoms with Crippen molar-refractivity contribution in [1.29, 1.82) is 0 Å². The zero-order valence-corrected chi connectivity index (χ0v) is 14.1. The first-order chi connectivity index (χ1) is 10.0. The third kappa shape index (κ3) is 2.99. The van der Waals surface area contributed by atoms with Gasteiger partial charge in [0.1, 0.15) is 5.82 Å². The molecule has 1 saturated heterocycles. The molecule has 2 N–H and O–H groups in total. The molecule has 2 heterocycles. The molecule has 1 aromatic carbocycles. The maximum Gasteiger partial charge on any atom is 0.121 e. The van der Waals surface area contributed by atoms with Crippen LogP contribution >= 0.6 is 15.9 Å². The fourth-order valence-corrected chi connectivity index (χ4v) is 3.66. The van der Waals surface area contributed by atoms with Gasteiger partial charge in [0.25, 0.3) is 0 Å². The smallest absolute Gasteiger partial charge is 0.121 e. The molecule has 2 aromatic rings. The summed E-state index contributed by atoms with van der Waals surface area (Å²) < 4.78 is 2.88. The van der Waals surface area contributed by atoms with Crippen LogP contribution in [-0.4, -0.2) is 34.8 Å². The van der Waals surface area contributed by atoms with Crippen LogP contribution in [0.3, 0.4) is 0 Å². The molecule has 0 atom stereocenters. The lowest BCUT2D eigenvalue weighted by atomic mass is 9.89. The summed E-state index contributed by atoms with van der Waals surface area (Å²) in [7, 11) is 4.06. The number of anilines is 1. The van der Waals surface area contributed by atoms with Gasteiger partial charge in [-0.1, -0.05) is 28.1 Å². The highest BCUT2D eigenvalue weighted by Crippen LogP contribution is 2.35. The lowest BCUT2D eigenvalue weighted by Gasteiger charge is -2.29. The zero-order chi connectivity index (χ0) is 15.0. The largest absolute Gasteiger partial charge is 0.384 e. The predicted octanol–water partition coefficient (Wildman–Crippen LogP) is 3.24. The van der Waals surface area contributed by atoms with E-state index in [0.29, 0.717) is 11.7 Å². The molecule has 1 aromatic heterocycles. The van der Waals surface area contributed by atoms with Crippen molar-refractivity contribution in [1.82, 2.24) is 14.7 Å². The fraction of sp³-hybridized carbons (Fsp3) is 0.438. The number of nitrogens with two attached hydrogens (primary N) is 1. The summed E-state index contributed by atoms with van der Waals surface area (Å²) in [6, 6.07) is 8.47. The van der Waals surface area contributed by atoms with Gasteiger partial charge in [0.05, 0.1) is 5.69 Å². The van der Waals surface area contributed by atoms with E-state index in [1.54, 1.807) is 4.68 Å². The third-order valence-electron chi connectivity index (χ3n) is 4.37. The van der Waals surface area contributed by atoms with Crippen molar-refractivity contribution in [2.75, 3.05) is 25.9 Å². The minimum absolute atomic E-state index is 0.651. The van der Waals surface area contributed by atoms with Gasteiger partial charge in [-0.05, 0) is 50.5 Å². The van der Waals surface area contributed by atoms with Crippen LogP contribution in [0.15, 0.2) is 28.7 Å². The quantitative estimate of drug-likeness (QED) is 0.906.